The van der Waals surface area contributed by atoms with Crippen LogP contribution in [0.4, 0.5) is 11.4 Å². The number of sulfonamides is 1. The number of ether oxygens (including phenoxy) is 1. The largest absolute Gasteiger partial charge is 0.462 e. The maximum Gasteiger partial charge on any atom is 0.339 e. The topological polar surface area (TPSA) is 107 Å². The minimum atomic E-state index is -4.08. The van der Waals surface area contributed by atoms with Gasteiger partial charge in [-0.2, -0.15) is 0 Å². The van der Waals surface area contributed by atoms with Gasteiger partial charge in [0.25, 0.3) is 15.7 Å². The van der Waals surface area contributed by atoms with Gasteiger partial charge in [0.1, 0.15) is 0 Å². The highest BCUT2D eigenvalue weighted by molar-refractivity contribution is 7.92. The first kappa shape index (κ1) is 21.6. The molecular weight excluding hydrogens is 408 g/mol. The second-order valence-electron chi connectivity index (χ2n) is 5.76. The lowest BCUT2D eigenvalue weighted by molar-refractivity contribution is -0.385. The van der Waals surface area contributed by atoms with Gasteiger partial charge in [-0.05, 0) is 45.0 Å². The highest BCUT2D eigenvalue weighted by Gasteiger charge is 2.27. The molecule has 0 unspecified atom stereocenters. The molecule has 0 radical (unpaired) electrons. The Morgan fingerprint density at radius 3 is 2.43 bits per heavy atom. The SMILES string of the molecule is CCOC(=O)c1ccc(N(CC)S(=O)(=O)c2ccc(C)c([N+](=O)[O-])c2)cc1Cl. The van der Waals surface area contributed by atoms with Crippen molar-refractivity contribution in [2.75, 3.05) is 17.5 Å². The normalized spacial score (nSPS) is 11.1. The van der Waals surface area contributed by atoms with Gasteiger partial charge in [0.15, 0.2) is 0 Å². The van der Waals surface area contributed by atoms with Gasteiger partial charge >= 0.3 is 5.97 Å². The summed E-state index contributed by atoms with van der Waals surface area (Å²) in [6.07, 6.45) is 0. The Labute approximate surface area is 167 Å². The molecule has 0 aromatic heterocycles. The Morgan fingerprint density at radius 2 is 1.89 bits per heavy atom. The number of esters is 1. The predicted molar refractivity (Wildman–Crippen MR) is 105 cm³/mol. The van der Waals surface area contributed by atoms with Gasteiger partial charge in [-0.25, -0.2) is 13.2 Å². The van der Waals surface area contributed by atoms with Crippen LogP contribution in [0.2, 0.25) is 5.02 Å². The Balaban J connectivity index is 2.50. The molecule has 0 bridgehead atoms. The van der Waals surface area contributed by atoms with Gasteiger partial charge in [-0.15, -0.1) is 0 Å². The highest BCUT2D eigenvalue weighted by Crippen LogP contribution is 2.30. The van der Waals surface area contributed by atoms with Crippen molar-refractivity contribution in [1.82, 2.24) is 0 Å². The van der Waals surface area contributed by atoms with Crippen molar-refractivity contribution in [2.24, 2.45) is 0 Å². The molecule has 0 aliphatic rings. The molecule has 0 aliphatic carbocycles. The second kappa shape index (κ2) is 8.57. The third-order valence-electron chi connectivity index (χ3n) is 3.99. The number of halogens is 1. The van der Waals surface area contributed by atoms with Gasteiger partial charge in [0, 0.05) is 18.2 Å². The number of rotatable bonds is 7. The highest BCUT2D eigenvalue weighted by atomic mass is 35.5. The van der Waals surface area contributed by atoms with Crippen molar-refractivity contribution >= 4 is 39.0 Å². The van der Waals surface area contributed by atoms with Crippen LogP contribution in [-0.2, 0) is 14.8 Å². The van der Waals surface area contributed by atoms with E-state index in [0.29, 0.717) is 5.56 Å². The van der Waals surface area contributed by atoms with Crippen LogP contribution in [0.3, 0.4) is 0 Å². The molecule has 150 valence electrons. The molecule has 2 rings (SSSR count). The summed E-state index contributed by atoms with van der Waals surface area (Å²) in [5.74, 6) is -0.612. The van der Waals surface area contributed by atoms with E-state index in [-0.39, 0.29) is 40.0 Å². The summed E-state index contributed by atoms with van der Waals surface area (Å²) < 4.78 is 32.1. The summed E-state index contributed by atoms with van der Waals surface area (Å²) >= 11 is 6.13. The molecule has 8 nitrogen and oxygen atoms in total. The van der Waals surface area contributed by atoms with Gasteiger partial charge < -0.3 is 4.74 Å². The summed E-state index contributed by atoms with van der Waals surface area (Å²) in [5, 5.41) is 11.2. The van der Waals surface area contributed by atoms with E-state index in [1.807, 2.05) is 0 Å². The molecule has 0 aliphatic heterocycles. The number of anilines is 1. The molecule has 0 saturated carbocycles. The Bertz CT molecular complexity index is 1020. The lowest BCUT2D eigenvalue weighted by Crippen LogP contribution is -2.31. The molecule has 0 N–H and O–H groups in total. The average Bonchev–Trinajstić information content (AvgIpc) is 2.62. The van der Waals surface area contributed by atoms with Crippen LogP contribution < -0.4 is 4.31 Å². The van der Waals surface area contributed by atoms with Crippen LogP contribution in [0.5, 0.6) is 0 Å². The van der Waals surface area contributed by atoms with Gasteiger partial charge in [0.2, 0.25) is 0 Å². The van der Waals surface area contributed by atoms with E-state index in [0.717, 1.165) is 10.4 Å². The van der Waals surface area contributed by atoms with Crippen molar-refractivity contribution in [2.45, 2.75) is 25.7 Å². The molecule has 0 atom stereocenters. The maximum atomic E-state index is 13.1. The van der Waals surface area contributed by atoms with E-state index in [9.17, 15) is 23.3 Å². The molecule has 10 heteroatoms. The third-order valence-corrected chi connectivity index (χ3v) is 6.20. The number of benzene rings is 2. The van der Waals surface area contributed by atoms with Crippen molar-refractivity contribution in [3.63, 3.8) is 0 Å². The lowest BCUT2D eigenvalue weighted by atomic mass is 10.2. The zero-order valence-corrected chi connectivity index (χ0v) is 17.1. The van der Waals surface area contributed by atoms with E-state index in [1.54, 1.807) is 13.8 Å². The number of nitrogens with zero attached hydrogens (tertiary/aromatic N) is 2. The van der Waals surface area contributed by atoms with Crippen molar-refractivity contribution in [3.8, 4) is 0 Å². The first-order valence-electron chi connectivity index (χ1n) is 8.37. The van der Waals surface area contributed by atoms with Crippen LogP contribution in [0.15, 0.2) is 41.3 Å². The zero-order valence-electron chi connectivity index (χ0n) is 15.5. The standard InChI is InChI=1S/C18H19ClN2O6S/c1-4-20(13-7-9-15(16(19)10-13)18(22)27-5-2)28(25,26)14-8-6-12(3)17(11-14)21(23)24/h6-11H,4-5H2,1-3H3. The number of hydrogen-bond acceptors (Lipinski definition) is 6. The van der Waals surface area contributed by atoms with Crippen molar-refractivity contribution in [1.29, 1.82) is 0 Å². The van der Waals surface area contributed by atoms with Crippen LogP contribution in [0.25, 0.3) is 0 Å². The quantitative estimate of drug-likeness (QED) is 0.377. The number of nitro benzene ring substituents is 1. The molecule has 2 aromatic rings. The number of hydrogen-bond donors (Lipinski definition) is 0. The van der Waals surface area contributed by atoms with Gasteiger partial charge in [-0.1, -0.05) is 17.7 Å². The van der Waals surface area contributed by atoms with Crippen LogP contribution in [-0.4, -0.2) is 32.5 Å². The first-order chi connectivity index (χ1) is 13.1. The fourth-order valence-electron chi connectivity index (χ4n) is 2.60. The molecular formula is C18H19ClN2O6S. The minimum Gasteiger partial charge on any atom is -0.462 e. The van der Waals surface area contributed by atoms with E-state index >= 15 is 0 Å². The molecule has 0 saturated heterocycles. The number of carbonyl (C=O) groups excluding carboxylic acids is 1. The van der Waals surface area contributed by atoms with E-state index in [2.05, 4.69) is 0 Å². The Kier molecular flexibility index (Phi) is 6.63. The fourth-order valence-corrected chi connectivity index (χ4v) is 4.34. The summed E-state index contributed by atoms with van der Waals surface area (Å²) in [4.78, 5) is 22.2. The average molecular weight is 427 g/mol. The molecule has 0 heterocycles. The first-order valence-corrected chi connectivity index (χ1v) is 10.2. The summed E-state index contributed by atoms with van der Waals surface area (Å²) in [5.41, 5.74) is 0.414. The van der Waals surface area contributed by atoms with Gasteiger partial charge in [-0.3, -0.25) is 14.4 Å². The summed E-state index contributed by atoms with van der Waals surface area (Å²) in [6.45, 7) is 5.04. The van der Waals surface area contributed by atoms with Crippen molar-refractivity contribution < 1.29 is 22.9 Å². The summed E-state index contributed by atoms with van der Waals surface area (Å²) in [6, 6.07) is 7.89. The predicted octanol–water partition coefficient (Wildman–Crippen LogP) is 3.95. The number of nitro groups is 1. The van der Waals surface area contributed by atoms with E-state index < -0.39 is 20.9 Å². The smallest absolute Gasteiger partial charge is 0.339 e. The number of aryl methyl sites for hydroxylation is 1. The lowest BCUT2D eigenvalue weighted by Gasteiger charge is -2.23. The second-order valence-corrected chi connectivity index (χ2v) is 8.03. The molecule has 28 heavy (non-hydrogen) atoms. The third kappa shape index (κ3) is 4.26. The number of carbonyl (C=O) groups is 1. The fraction of sp³-hybridized carbons (Fsp3) is 0.278. The van der Waals surface area contributed by atoms with Crippen LogP contribution >= 0.6 is 11.6 Å². The maximum absolute atomic E-state index is 13.1. The van der Waals surface area contributed by atoms with Crippen LogP contribution in [0.1, 0.15) is 29.8 Å². The zero-order chi connectivity index (χ0) is 21.1. The molecule has 0 spiro atoms. The van der Waals surface area contributed by atoms with Crippen molar-refractivity contribution in [3.05, 3.63) is 62.7 Å². The van der Waals surface area contributed by atoms with E-state index in [1.165, 1.54) is 37.3 Å². The Hall–Kier alpha value is -2.65. The molecule has 2 aromatic carbocycles. The van der Waals surface area contributed by atoms with E-state index in [4.69, 9.17) is 16.3 Å². The Morgan fingerprint density at radius 1 is 1.21 bits per heavy atom. The minimum absolute atomic E-state index is 0.0412. The monoisotopic (exact) mass is 426 g/mol. The van der Waals surface area contributed by atoms with Gasteiger partial charge in [0.05, 0.1) is 32.7 Å². The van der Waals surface area contributed by atoms with Crippen LogP contribution in [0, 0.1) is 17.0 Å². The molecule has 0 fully saturated rings. The summed E-state index contributed by atoms with van der Waals surface area (Å²) in [7, 11) is -4.08. The molecule has 0 amide bonds.